The number of hydrogen-bond acceptors (Lipinski definition) is 4. The second kappa shape index (κ2) is 15.7. The van der Waals surface area contributed by atoms with Gasteiger partial charge in [0.2, 0.25) is 5.91 Å². The number of ether oxygens (including phenoxy) is 2. The van der Waals surface area contributed by atoms with Crippen molar-refractivity contribution in [1.29, 1.82) is 0 Å². The number of halogens is 1. The van der Waals surface area contributed by atoms with Crippen LogP contribution >= 0.6 is 24.0 Å². The molecule has 29 heavy (non-hydrogen) atoms. The Balaban J connectivity index is 0.00000784. The lowest BCUT2D eigenvalue weighted by Crippen LogP contribution is -2.40. The van der Waals surface area contributed by atoms with Crippen LogP contribution in [0.15, 0.2) is 23.2 Å². The summed E-state index contributed by atoms with van der Waals surface area (Å²) >= 11 is 0. The maximum Gasteiger partial charge on any atom is 0.224 e. The van der Waals surface area contributed by atoms with Gasteiger partial charge in [-0.3, -0.25) is 4.79 Å². The van der Waals surface area contributed by atoms with E-state index in [1.807, 2.05) is 43.9 Å². The Morgan fingerprint density at radius 3 is 2.52 bits per heavy atom. The van der Waals surface area contributed by atoms with Crippen LogP contribution in [-0.2, 0) is 11.3 Å². The van der Waals surface area contributed by atoms with Crippen LogP contribution in [0.1, 0.15) is 32.8 Å². The minimum Gasteiger partial charge on any atom is -0.493 e. The van der Waals surface area contributed by atoms with Crippen molar-refractivity contribution < 1.29 is 14.3 Å². The van der Waals surface area contributed by atoms with Crippen LogP contribution in [0.25, 0.3) is 0 Å². The summed E-state index contributed by atoms with van der Waals surface area (Å²) in [7, 11) is 1.59. The summed E-state index contributed by atoms with van der Waals surface area (Å²) in [4.78, 5) is 18.5. The maximum absolute atomic E-state index is 12.1. The van der Waals surface area contributed by atoms with Gasteiger partial charge in [0.05, 0.1) is 13.7 Å². The highest BCUT2D eigenvalue weighted by molar-refractivity contribution is 14.0. The number of carbonyl (C=O) groups excluding carboxylic acids is 1. The van der Waals surface area contributed by atoms with Crippen molar-refractivity contribution in [2.45, 2.75) is 33.7 Å². The normalized spacial score (nSPS) is 10.4. The van der Waals surface area contributed by atoms with Crippen LogP contribution in [0.3, 0.4) is 0 Å². The van der Waals surface area contributed by atoms with E-state index in [4.69, 9.17) is 15.9 Å². The zero-order chi connectivity index (χ0) is 20.8. The SMILES string of the molecule is C#CCOc1cc(CN=C(NCC)NCCC(=O)N(CC)CC)ccc1OC.I. The molecule has 0 radical (unpaired) electrons. The summed E-state index contributed by atoms with van der Waals surface area (Å²) in [5.74, 6) is 4.47. The molecular weight excluding hydrogens is 483 g/mol. The van der Waals surface area contributed by atoms with Crippen LogP contribution in [0.5, 0.6) is 11.5 Å². The maximum atomic E-state index is 12.1. The molecule has 0 atom stereocenters. The lowest BCUT2D eigenvalue weighted by molar-refractivity contribution is -0.130. The molecule has 0 saturated heterocycles. The first kappa shape index (κ1) is 26.9. The van der Waals surface area contributed by atoms with Gasteiger partial charge in [0.1, 0.15) is 6.61 Å². The highest BCUT2D eigenvalue weighted by Crippen LogP contribution is 2.28. The average Bonchev–Trinajstić information content (AvgIpc) is 2.71. The summed E-state index contributed by atoms with van der Waals surface area (Å²) in [5.41, 5.74) is 0.962. The monoisotopic (exact) mass is 516 g/mol. The number of amides is 1. The molecule has 0 heterocycles. The van der Waals surface area contributed by atoms with Crippen molar-refractivity contribution in [1.82, 2.24) is 15.5 Å². The molecule has 0 fully saturated rings. The number of terminal acetylenes is 1. The molecule has 0 aliphatic rings. The molecule has 0 spiro atoms. The van der Waals surface area contributed by atoms with E-state index >= 15 is 0 Å². The molecule has 2 N–H and O–H groups in total. The first-order chi connectivity index (χ1) is 13.6. The van der Waals surface area contributed by atoms with E-state index in [1.165, 1.54) is 0 Å². The molecule has 0 unspecified atom stereocenters. The lowest BCUT2D eigenvalue weighted by atomic mass is 10.2. The Kier molecular flexibility index (Phi) is 14.6. The Morgan fingerprint density at radius 1 is 1.21 bits per heavy atom. The minimum absolute atomic E-state index is 0. The number of nitrogens with zero attached hydrogens (tertiary/aromatic N) is 2. The highest BCUT2D eigenvalue weighted by Gasteiger charge is 2.09. The van der Waals surface area contributed by atoms with Crippen LogP contribution in [-0.4, -0.2) is 56.7 Å². The van der Waals surface area contributed by atoms with Gasteiger partial charge in [0.25, 0.3) is 0 Å². The van der Waals surface area contributed by atoms with E-state index in [-0.39, 0.29) is 36.5 Å². The third-order valence-electron chi connectivity index (χ3n) is 4.05. The Labute approximate surface area is 191 Å². The molecule has 0 aromatic heterocycles. The number of guanidine groups is 1. The standard InChI is InChI=1S/C21H32N4O3.HI/c1-6-14-28-19-15-17(10-11-18(19)27-5)16-24-21(22-7-2)23-13-12-20(26)25(8-3)9-4;/h1,10-11,15H,7-9,12-14,16H2,2-5H3,(H2,22,23,24);1H. The number of methoxy groups -OCH3 is 1. The number of hydrogen-bond donors (Lipinski definition) is 2. The zero-order valence-electron chi connectivity index (χ0n) is 17.8. The van der Waals surface area contributed by atoms with Crippen molar-refractivity contribution in [2.24, 2.45) is 4.99 Å². The van der Waals surface area contributed by atoms with Gasteiger partial charge < -0.3 is 25.0 Å². The van der Waals surface area contributed by atoms with E-state index in [9.17, 15) is 4.79 Å². The first-order valence-electron chi connectivity index (χ1n) is 9.62. The van der Waals surface area contributed by atoms with Crippen molar-refractivity contribution >= 4 is 35.8 Å². The predicted octanol–water partition coefficient (Wildman–Crippen LogP) is 2.64. The molecule has 1 rings (SSSR count). The number of nitrogens with one attached hydrogen (secondary N) is 2. The van der Waals surface area contributed by atoms with Gasteiger partial charge in [0.15, 0.2) is 17.5 Å². The van der Waals surface area contributed by atoms with Crippen molar-refractivity contribution in [2.75, 3.05) is 39.9 Å². The third-order valence-corrected chi connectivity index (χ3v) is 4.05. The minimum atomic E-state index is 0. The van der Waals surface area contributed by atoms with Crippen LogP contribution in [0, 0.1) is 12.3 Å². The summed E-state index contributed by atoms with van der Waals surface area (Å²) in [5, 5.41) is 6.39. The van der Waals surface area contributed by atoms with E-state index in [2.05, 4.69) is 21.5 Å². The second-order valence-electron chi connectivity index (χ2n) is 5.92. The van der Waals surface area contributed by atoms with Crippen molar-refractivity contribution in [3.63, 3.8) is 0 Å². The summed E-state index contributed by atoms with van der Waals surface area (Å²) in [6, 6.07) is 5.63. The summed E-state index contributed by atoms with van der Waals surface area (Å²) in [6.45, 7) is 9.31. The van der Waals surface area contributed by atoms with Crippen LogP contribution < -0.4 is 20.1 Å². The van der Waals surface area contributed by atoms with Gasteiger partial charge in [-0.25, -0.2) is 4.99 Å². The lowest BCUT2D eigenvalue weighted by Gasteiger charge is -2.19. The number of carbonyl (C=O) groups is 1. The van der Waals surface area contributed by atoms with Gasteiger partial charge >= 0.3 is 0 Å². The number of rotatable bonds is 11. The number of aliphatic imine (C=N–C) groups is 1. The fourth-order valence-corrected chi connectivity index (χ4v) is 2.59. The van der Waals surface area contributed by atoms with Gasteiger partial charge in [-0.2, -0.15) is 0 Å². The molecule has 8 heteroatoms. The Morgan fingerprint density at radius 2 is 1.93 bits per heavy atom. The Hall–Kier alpha value is -2.15. The second-order valence-corrected chi connectivity index (χ2v) is 5.92. The fraction of sp³-hybridized carbons (Fsp3) is 0.524. The molecule has 1 aromatic carbocycles. The quantitative estimate of drug-likeness (QED) is 0.205. The molecule has 0 aliphatic heterocycles. The summed E-state index contributed by atoms with van der Waals surface area (Å²) < 4.78 is 10.8. The van der Waals surface area contributed by atoms with E-state index in [1.54, 1.807) is 7.11 Å². The molecule has 0 aliphatic carbocycles. The van der Waals surface area contributed by atoms with Gasteiger partial charge in [-0.05, 0) is 38.5 Å². The Bertz CT molecular complexity index is 685. The van der Waals surface area contributed by atoms with Crippen LogP contribution in [0.2, 0.25) is 0 Å². The van der Waals surface area contributed by atoms with Gasteiger partial charge in [-0.15, -0.1) is 30.4 Å². The fourth-order valence-electron chi connectivity index (χ4n) is 2.59. The number of benzene rings is 1. The molecular formula is C21H33IN4O3. The predicted molar refractivity (Wildman–Crippen MR) is 128 cm³/mol. The van der Waals surface area contributed by atoms with Gasteiger partial charge in [-0.1, -0.05) is 12.0 Å². The van der Waals surface area contributed by atoms with E-state index in [0.29, 0.717) is 37.0 Å². The smallest absolute Gasteiger partial charge is 0.224 e. The topological polar surface area (TPSA) is 75.2 Å². The molecule has 162 valence electrons. The largest absolute Gasteiger partial charge is 0.493 e. The zero-order valence-corrected chi connectivity index (χ0v) is 20.1. The first-order valence-corrected chi connectivity index (χ1v) is 9.62. The highest BCUT2D eigenvalue weighted by atomic mass is 127. The van der Waals surface area contributed by atoms with E-state index < -0.39 is 0 Å². The van der Waals surface area contributed by atoms with Crippen molar-refractivity contribution in [3.05, 3.63) is 23.8 Å². The molecule has 0 bridgehead atoms. The third kappa shape index (κ3) is 9.74. The molecule has 1 amide bonds. The molecule has 7 nitrogen and oxygen atoms in total. The van der Waals surface area contributed by atoms with Crippen molar-refractivity contribution in [3.8, 4) is 23.8 Å². The van der Waals surface area contributed by atoms with E-state index in [0.717, 1.165) is 25.2 Å². The van der Waals surface area contributed by atoms with Crippen LogP contribution in [0.4, 0.5) is 0 Å². The van der Waals surface area contributed by atoms with Gasteiger partial charge in [0, 0.05) is 32.6 Å². The molecule has 1 aromatic rings. The summed E-state index contributed by atoms with van der Waals surface area (Å²) in [6.07, 6.45) is 5.69. The molecule has 0 saturated carbocycles. The average molecular weight is 516 g/mol.